The van der Waals surface area contributed by atoms with Crippen LogP contribution in [-0.2, 0) is 4.74 Å². The van der Waals surface area contributed by atoms with E-state index in [4.69, 9.17) is 4.74 Å². The molecule has 0 unspecified atom stereocenters. The zero-order valence-corrected chi connectivity index (χ0v) is 31.9. The van der Waals surface area contributed by atoms with Crippen LogP contribution in [0.5, 0.6) is 0 Å². The highest BCUT2D eigenvalue weighted by Crippen LogP contribution is 2.34. The van der Waals surface area contributed by atoms with Crippen LogP contribution in [0.1, 0.15) is 173 Å². The van der Waals surface area contributed by atoms with Gasteiger partial charge in [-0.05, 0) is 38.5 Å². The van der Waals surface area contributed by atoms with Crippen LogP contribution >= 0.6 is 0 Å². The molecule has 0 atom stereocenters. The summed E-state index contributed by atoms with van der Waals surface area (Å²) in [4.78, 5) is 0. The Balaban J connectivity index is 0.000000645. The van der Waals surface area contributed by atoms with E-state index >= 15 is 0 Å². The van der Waals surface area contributed by atoms with Crippen LogP contribution in [0.3, 0.4) is 0 Å². The molecule has 292 valence electrons. The van der Waals surface area contributed by atoms with Crippen molar-refractivity contribution in [3.8, 4) is 0 Å². The van der Waals surface area contributed by atoms with E-state index in [1.165, 1.54) is 135 Å². The second kappa shape index (κ2) is 33.1. The van der Waals surface area contributed by atoms with Gasteiger partial charge in [-0.25, -0.2) is 0 Å². The maximum atomic E-state index is 9.36. The third-order valence-corrected chi connectivity index (χ3v) is 11.2. The van der Waals surface area contributed by atoms with Gasteiger partial charge in [0.15, 0.2) is 0 Å². The molecule has 7 nitrogen and oxygen atoms in total. The quantitative estimate of drug-likeness (QED) is 0.0993. The fourth-order valence-electron chi connectivity index (χ4n) is 7.36. The lowest BCUT2D eigenvalue weighted by atomic mass is 9.78. The first-order valence-electron chi connectivity index (χ1n) is 20.4. The van der Waals surface area contributed by atoms with Crippen LogP contribution < -0.4 is 0 Å². The Morgan fingerprint density at radius 2 is 0.490 bits per heavy atom. The van der Waals surface area contributed by atoms with Crippen molar-refractivity contribution < 1.29 is 35.4 Å². The smallest absolute Gasteiger partial charge is 0.0649 e. The lowest BCUT2D eigenvalue weighted by molar-refractivity contribution is 0.0343. The van der Waals surface area contributed by atoms with E-state index < -0.39 is 0 Å². The Hall–Kier alpha value is -0.800. The van der Waals surface area contributed by atoms with E-state index in [0.717, 1.165) is 38.5 Å². The van der Waals surface area contributed by atoms with E-state index in [-0.39, 0.29) is 55.9 Å². The molecule has 6 N–H and O–H groups in total. The van der Waals surface area contributed by atoms with Crippen molar-refractivity contribution >= 4 is 0 Å². The number of rotatable bonds is 10. The molecular weight excluding hydrogens is 616 g/mol. The largest absolute Gasteiger partial charge is 0.396 e. The SMILES string of the molecule is C=CCOCC=C.OCC1(CO)CCCCCCCCC1.OCC1(CO)CCCCCCCCC1.OCC1(CO)CCCCCCCCC1. The monoisotopic (exact) mass is 699 g/mol. The molecule has 0 bridgehead atoms. The normalized spacial score (nSPS) is 22.1. The van der Waals surface area contributed by atoms with Crippen molar-refractivity contribution in [3.63, 3.8) is 0 Å². The summed E-state index contributed by atoms with van der Waals surface area (Å²) in [6, 6.07) is 0. The fraction of sp³-hybridized carbons (Fsp3) is 0.905. The van der Waals surface area contributed by atoms with E-state index in [1.807, 2.05) is 0 Å². The summed E-state index contributed by atoms with van der Waals surface area (Å²) in [6.07, 6.45) is 36.1. The molecule has 0 spiro atoms. The van der Waals surface area contributed by atoms with Crippen LogP contribution in [0.2, 0.25) is 0 Å². The lowest BCUT2D eigenvalue weighted by Crippen LogP contribution is -2.30. The van der Waals surface area contributed by atoms with Gasteiger partial charge in [-0.3, -0.25) is 0 Å². The molecule has 3 aliphatic carbocycles. The minimum absolute atomic E-state index is 0.156. The second-order valence-electron chi connectivity index (χ2n) is 15.5. The molecule has 0 aliphatic heterocycles. The Morgan fingerprint density at radius 1 is 0.327 bits per heavy atom. The van der Waals surface area contributed by atoms with Gasteiger partial charge in [0, 0.05) is 16.2 Å². The highest BCUT2D eigenvalue weighted by Gasteiger charge is 2.29. The van der Waals surface area contributed by atoms with Crippen LogP contribution in [0.4, 0.5) is 0 Å². The predicted octanol–water partition coefficient (Wildman–Crippen LogP) is 8.82. The van der Waals surface area contributed by atoms with Crippen molar-refractivity contribution in [3.05, 3.63) is 25.3 Å². The number of hydrogen-bond acceptors (Lipinski definition) is 7. The van der Waals surface area contributed by atoms with Gasteiger partial charge in [0.1, 0.15) is 0 Å². The van der Waals surface area contributed by atoms with E-state index in [0.29, 0.717) is 13.2 Å². The van der Waals surface area contributed by atoms with Crippen LogP contribution in [0.15, 0.2) is 25.3 Å². The molecule has 0 aromatic carbocycles. The number of aliphatic hydroxyl groups is 6. The van der Waals surface area contributed by atoms with Gasteiger partial charge in [0.2, 0.25) is 0 Å². The number of hydrogen-bond donors (Lipinski definition) is 6. The molecule has 0 saturated heterocycles. The first kappa shape index (κ1) is 48.2. The van der Waals surface area contributed by atoms with Gasteiger partial charge in [0.05, 0.1) is 52.9 Å². The molecule has 0 aromatic heterocycles. The summed E-state index contributed by atoms with van der Waals surface area (Å²) < 4.78 is 4.90. The molecule has 0 radical (unpaired) electrons. The molecular formula is C42H82O7. The Kier molecular flexibility index (Phi) is 32.5. The average Bonchev–Trinajstić information content (AvgIpc) is 3.16. The minimum Gasteiger partial charge on any atom is -0.396 e. The molecule has 3 fully saturated rings. The molecule has 3 rings (SSSR count). The Morgan fingerprint density at radius 3 is 0.633 bits per heavy atom. The number of aliphatic hydroxyl groups excluding tert-OH is 6. The zero-order valence-electron chi connectivity index (χ0n) is 31.9. The standard InChI is InChI=1S/3C12H24O2.C6H10O/c3*13-10-12(11-14)8-6-4-2-1-3-5-7-9-12;1-3-5-7-6-4-2/h3*13-14H,1-11H2;3-4H,1-2,5-6H2. The molecule has 3 aliphatic rings. The molecule has 0 amide bonds. The van der Waals surface area contributed by atoms with Gasteiger partial charge in [0.25, 0.3) is 0 Å². The van der Waals surface area contributed by atoms with E-state index in [2.05, 4.69) is 13.2 Å². The maximum Gasteiger partial charge on any atom is 0.0649 e. The van der Waals surface area contributed by atoms with Crippen LogP contribution in [-0.4, -0.2) is 83.5 Å². The molecule has 0 heterocycles. The summed E-state index contributed by atoms with van der Waals surface area (Å²) in [5.41, 5.74) is -0.508. The van der Waals surface area contributed by atoms with Gasteiger partial charge in [-0.1, -0.05) is 147 Å². The molecule has 49 heavy (non-hydrogen) atoms. The van der Waals surface area contributed by atoms with E-state index in [1.54, 1.807) is 12.2 Å². The second-order valence-corrected chi connectivity index (χ2v) is 15.5. The first-order chi connectivity index (χ1) is 23.9. The third kappa shape index (κ3) is 24.1. The summed E-state index contributed by atoms with van der Waals surface area (Å²) >= 11 is 0. The van der Waals surface area contributed by atoms with Crippen molar-refractivity contribution in [1.29, 1.82) is 0 Å². The van der Waals surface area contributed by atoms with Crippen molar-refractivity contribution in [1.82, 2.24) is 0 Å². The molecule has 0 aromatic rings. The fourth-order valence-corrected chi connectivity index (χ4v) is 7.36. The third-order valence-electron chi connectivity index (χ3n) is 11.2. The van der Waals surface area contributed by atoms with Crippen LogP contribution in [0, 0.1) is 16.2 Å². The maximum absolute atomic E-state index is 9.36. The predicted molar refractivity (Wildman–Crippen MR) is 206 cm³/mol. The molecule has 3 saturated carbocycles. The summed E-state index contributed by atoms with van der Waals surface area (Å²) in [5, 5.41) is 56.2. The first-order valence-corrected chi connectivity index (χ1v) is 20.4. The number of ether oxygens (including phenoxy) is 1. The average molecular weight is 699 g/mol. The van der Waals surface area contributed by atoms with Gasteiger partial charge in [-0.2, -0.15) is 0 Å². The minimum atomic E-state index is -0.169. The summed E-state index contributed by atoms with van der Waals surface area (Å²) in [7, 11) is 0. The highest BCUT2D eigenvalue weighted by molar-refractivity contribution is 4.80. The molecule has 7 heteroatoms. The summed E-state index contributed by atoms with van der Waals surface area (Å²) in [6.45, 7) is 9.12. The van der Waals surface area contributed by atoms with Gasteiger partial charge in [-0.15, -0.1) is 13.2 Å². The van der Waals surface area contributed by atoms with Crippen molar-refractivity contribution in [2.45, 2.75) is 173 Å². The summed E-state index contributed by atoms with van der Waals surface area (Å²) in [5.74, 6) is 0. The highest BCUT2D eigenvalue weighted by atomic mass is 16.5. The lowest BCUT2D eigenvalue weighted by Gasteiger charge is -2.30. The zero-order chi connectivity index (χ0) is 36.4. The van der Waals surface area contributed by atoms with Gasteiger partial charge >= 0.3 is 0 Å². The van der Waals surface area contributed by atoms with Crippen molar-refractivity contribution in [2.24, 2.45) is 16.2 Å². The van der Waals surface area contributed by atoms with Crippen LogP contribution in [0.25, 0.3) is 0 Å². The van der Waals surface area contributed by atoms with Crippen molar-refractivity contribution in [2.75, 3.05) is 52.9 Å². The van der Waals surface area contributed by atoms with E-state index in [9.17, 15) is 30.6 Å². The Labute approximate surface area is 302 Å². The topological polar surface area (TPSA) is 131 Å². The Bertz CT molecular complexity index is 591. The van der Waals surface area contributed by atoms with Gasteiger partial charge < -0.3 is 35.4 Å².